The lowest BCUT2D eigenvalue weighted by Gasteiger charge is -2.32. The molecule has 5 nitrogen and oxygen atoms in total. The van der Waals surface area contributed by atoms with Gasteiger partial charge in [0.2, 0.25) is 0 Å². The zero-order valence-corrected chi connectivity index (χ0v) is 12.4. The summed E-state index contributed by atoms with van der Waals surface area (Å²) in [6.45, 7) is 5.80. The Balaban J connectivity index is 1.78. The lowest BCUT2D eigenvalue weighted by atomic mass is 9.80. The molecule has 1 aromatic carbocycles. The van der Waals surface area contributed by atoms with E-state index in [0.717, 1.165) is 32.7 Å². The van der Waals surface area contributed by atoms with Gasteiger partial charge in [0.05, 0.1) is 0 Å². The van der Waals surface area contributed by atoms with E-state index in [4.69, 9.17) is 26.4 Å². The molecule has 0 aliphatic carbocycles. The highest BCUT2D eigenvalue weighted by molar-refractivity contribution is 6.62. The molecule has 0 radical (unpaired) electrons. The molecule has 1 heterocycles. The molecule has 1 aromatic rings. The van der Waals surface area contributed by atoms with Gasteiger partial charge in [-0.3, -0.25) is 4.90 Å². The van der Waals surface area contributed by atoms with E-state index in [2.05, 4.69) is 16.8 Å². The largest absolute Gasteiger partial charge is 0.492 e. The van der Waals surface area contributed by atoms with Crippen molar-refractivity contribution in [2.24, 2.45) is 0 Å². The SMILES string of the molecule is CN1CCN(CCOc2ccc(B(O)O)c(Cl)c2)CC1. The number of likely N-dealkylation sites (N-methyl/N-ethyl adjacent to an activating group) is 1. The molecule has 1 fully saturated rings. The van der Waals surface area contributed by atoms with Gasteiger partial charge in [-0.25, -0.2) is 0 Å². The molecule has 0 spiro atoms. The van der Waals surface area contributed by atoms with Crippen molar-refractivity contribution < 1.29 is 14.8 Å². The quantitative estimate of drug-likeness (QED) is 0.728. The summed E-state index contributed by atoms with van der Waals surface area (Å²) in [7, 11) is 0.578. The third-order valence-corrected chi connectivity index (χ3v) is 3.85. The number of rotatable bonds is 5. The molecule has 0 aromatic heterocycles. The van der Waals surface area contributed by atoms with E-state index in [-0.39, 0.29) is 5.46 Å². The summed E-state index contributed by atoms with van der Waals surface area (Å²) < 4.78 is 5.65. The highest BCUT2D eigenvalue weighted by Crippen LogP contribution is 2.16. The zero-order chi connectivity index (χ0) is 14.5. The van der Waals surface area contributed by atoms with Gasteiger partial charge in [-0.15, -0.1) is 0 Å². The van der Waals surface area contributed by atoms with E-state index < -0.39 is 7.12 Å². The molecule has 0 saturated carbocycles. The van der Waals surface area contributed by atoms with Gasteiger partial charge in [-0.05, 0) is 19.2 Å². The monoisotopic (exact) mass is 298 g/mol. The minimum absolute atomic E-state index is 0.290. The average Bonchev–Trinajstić information content (AvgIpc) is 2.41. The van der Waals surface area contributed by atoms with Crippen molar-refractivity contribution in [2.45, 2.75) is 0 Å². The molecular weight excluding hydrogens is 278 g/mol. The first-order valence-electron chi connectivity index (χ1n) is 6.75. The molecule has 0 bridgehead atoms. The maximum Gasteiger partial charge on any atom is 0.489 e. The lowest BCUT2D eigenvalue weighted by molar-refractivity contribution is 0.134. The maximum absolute atomic E-state index is 9.08. The number of benzene rings is 1. The Labute approximate surface area is 124 Å². The first-order valence-corrected chi connectivity index (χ1v) is 7.13. The maximum atomic E-state index is 9.08. The van der Waals surface area contributed by atoms with Crippen LogP contribution in [0.5, 0.6) is 5.75 Å². The smallest absolute Gasteiger partial charge is 0.489 e. The first kappa shape index (κ1) is 15.6. The Kier molecular flexibility index (Phi) is 5.69. The zero-order valence-electron chi connectivity index (χ0n) is 11.6. The molecule has 2 rings (SSSR count). The number of piperazine rings is 1. The van der Waals surface area contributed by atoms with Crippen LogP contribution in [0.1, 0.15) is 0 Å². The third kappa shape index (κ3) is 4.36. The van der Waals surface area contributed by atoms with Crippen molar-refractivity contribution in [1.82, 2.24) is 9.80 Å². The van der Waals surface area contributed by atoms with Crippen molar-refractivity contribution in [3.05, 3.63) is 23.2 Å². The van der Waals surface area contributed by atoms with Gasteiger partial charge in [-0.1, -0.05) is 17.7 Å². The predicted octanol–water partition coefficient (Wildman–Crippen LogP) is -0.354. The number of nitrogens with zero attached hydrogens (tertiary/aromatic N) is 2. The third-order valence-electron chi connectivity index (χ3n) is 3.52. The van der Waals surface area contributed by atoms with Crippen LogP contribution in [0.2, 0.25) is 5.02 Å². The van der Waals surface area contributed by atoms with E-state index in [1.54, 1.807) is 18.2 Å². The molecule has 110 valence electrons. The van der Waals surface area contributed by atoms with Gasteiger partial charge in [0.25, 0.3) is 0 Å². The summed E-state index contributed by atoms with van der Waals surface area (Å²) in [6.07, 6.45) is 0. The van der Waals surface area contributed by atoms with Gasteiger partial charge in [-0.2, -0.15) is 0 Å². The van der Waals surface area contributed by atoms with Crippen molar-refractivity contribution in [3.63, 3.8) is 0 Å². The molecular formula is C13H20BClN2O3. The molecule has 7 heteroatoms. The minimum atomic E-state index is -1.55. The molecule has 0 amide bonds. The second-order valence-corrected chi connectivity index (χ2v) is 5.46. The van der Waals surface area contributed by atoms with Crippen molar-refractivity contribution in [1.29, 1.82) is 0 Å². The molecule has 0 atom stereocenters. The molecule has 1 saturated heterocycles. The van der Waals surface area contributed by atoms with E-state index in [0.29, 0.717) is 17.4 Å². The first-order chi connectivity index (χ1) is 9.56. The van der Waals surface area contributed by atoms with Gasteiger partial charge in [0.15, 0.2) is 0 Å². The van der Waals surface area contributed by atoms with Gasteiger partial charge in [0.1, 0.15) is 12.4 Å². The van der Waals surface area contributed by atoms with Crippen molar-refractivity contribution >= 4 is 24.2 Å². The Morgan fingerprint density at radius 2 is 1.95 bits per heavy atom. The summed E-state index contributed by atoms with van der Waals surface area (Å²) in [5.74, 6) is 0.647. The van der Waals surface area contributed by atoms with Crippen LogP contribution < -0.4 is 10.2 Å². The molecule has 0 unspecified atom stereocenters. The van der Waals surface area contributed by atoms with Gasteiger partial charge >= 0.3 is 7.12 Å². The molecule has 1 aliphatic heterocycles. The van der Waals surface area contributed by atoms with E-state index >= 15 is 0 Å². The van der Waals surface area contributed by atoms with Crippen LogP contribution in [0.3, 0.4) is 0 Å². The minimum Gasteiger partial charge on any atom is -0.492 e. The fourth-order valence-corrected chi connectivity index (χ4v) is 2.44. The van der Waals surface area contributed by atoms with Crippen LogP contribution in [0, 0.1) is 0 Å². The average molecular weight is 299 g/mol. The van der Waals surface area contributed by atoms with E-state index in [1.807, 2.05) is 0 Å². The fourth-order valence-electron chi connectivity index (χ4n) is 2.17. The van der Waals surface area contributed by atoms with Crippen LogP contribution in [0.15, 0.2) is 18.2 Å². The number of halogens is 1. The Morgan fingerprint density at radius 1 is 1.25 bits per heavy atom. The van der Waals surface area contributed by atoms with Crippen LogP contribution >= 0.6 is 11.6 Å². The molecule has 2 N–H and O–H groups in total. The standard InChI is InChI=1S/C13H20BClN2O3/c1-16-4-6-17(7-5-16)8-9-20-11-2-3-12(14(18)19)13(15)10-11/h2-3,10,18-19H,4-9H2,1H3. The van der Waals surface area contributed by atoms with Crippen LogP contribution in [-0.2, 0) is 0 Å². The second kappa shape index (κ2) is 7.29. The number of hydrogen-bond donors (Lipinski definition) is 2. The normalized spacial score (nSPS) is 17.2. The van der Waals surface area contributed by atoms with Crippen molar-refractivity contribution in [2.75, 3.05) is 46.4 Å². The fraction of sp³-hybridized carbons (Fsp3) is 0.538. The van der Waals surface area contributed by atoms with Gasteiger partial charge in [0, 0.05) is 43.2 Å². The van der Waals surface area contributed by atoms with Crippen LogP contribution in [-0.4, -0.2) is 73.3 Å². The predicted molar refractivity (Wildman–Crippen MR) is 80.7 cm³/mol. The van der Waals surface area contributed by atoms with Crippen molar-refractivity contribution in [3.8, 4) is 5.75 Å². The summed E-state index contributed by atoms with van der Waals surface area (Å²) in [6, 6.07) is 4.88. The number of ether oxygens (including phenoxy) is 1. The highest BCUT2D eigenvalue weighted by Gasteiger charge is 2.16. The lowest BCUT2D eigenvalue weighted by Crippen LogP contribution is -2.45. The molecule has 20 heavy (non-hydrogen) atoms. The van der Waals surface area contributed by atoms with Crippen LogP contribution in [0.25, 0.3) is 0 Å². The summed E-state index contributed by atoms with van der Waals surface area (Å²) in [5, 5.41) is 18.5. The summed E-state index contributed by atoms with van der Waals surface area (Å²) >= 11 is 5.95. The highest BCUT2D eigenvalue weighted by atomic mass is 35.5. The van der Waals surface area contributed by atoms with E-state index in [1.165, 1.54) is 0 Å². The second-order valence-electron chi connectivity index (χ2n) is 5.05. The Hall–Kier alpha value is -0.785. The Bertz CT molecular complexity index is 440. The van der Waals surface area contributed by atoms with E-state index in [9.17, 15) is 0 Å². The summed E-state index contributed by atoms with van der Waals surface area (Å²) in [4.78, 5) is 4.68. The number of hydrogen-bond acceptors (Lipinski definition) is 5. The topological polar surface area (TPSA) is 56.2 Å². The van der Waals surface area contributed by atoms with Crippen LogP contribution in [0.4, 0.5) is 0 Å². The van der Waals surface area contributed by atoms with Gasteiger partial charge < -0.3 is 19.7 Å². The Morgan fingerprint density at radius 3 is 2.55 bits per heavy atom. The molecule has 1 aliphatic rings. The summed E-state index contributed by atoms with van der Waals surface area (Å²) in [5.41, 5.74) is 0.290.